The van der Waals surface area contributed by atoms with Gasteiger partial charge in [0.15, 0.2) is 6.10 Å². The Morgan fingerprint density at radius 1 is 1.31 bits per heavy atom. The van der Waals surface area contributed by atoms with Crippen LogP contribution in [0.5, 0.6) is 0 Å². The van der Waals surface area contributed by atoms with Gasteiger partial charge in [-0.3, -0.25) is 0 Å². The molecule has 1 saturated carbocycles. The van der Waals surface area contributed by atoms with E-state index in [0.717, 1.165) is 12.8 Å². The minimum atomic E-state index is -0.623. The minimum Gasteiger partial charge on any atom is -0.431 e. The highest BCUT2D eigenvalue weighted by molar-refractivity contribution is 5.76. The van der Waals surface area contributed by atoms with E-state index in [0.29, 0.717) is 17.8 Å². The number of esters is 1. The molecule has 4 atom stereocenters. The highest BCUT2D eigenvalue weighted by atomic mass is 16.8. The maximum Gasteiger partial charge on any atom is 0.337 e. The lowest BCUT2D eigenvalue weighted by molar-refractivity contribution is -0.235. The first-order valence-electron chi connectivity index (χ1n) is 6.35. The van der Waals surface area contributed by atoms with Crippen molar-refractivity contribution in [3.05, 3.63) is 0 Å². The Morgan fingerprint density at radius 2 is 2.00 bits per heavy atom. The molecule has 3 nitrogen and oxygen atoms in total. The van der Waals surface area contributed by atoms with Crippen molar-refractivity contribution < 1.29 is 14.3 Å². The molecule has 2 rings (SSSR count). The third-order valence-electron chi connectivity index (χ3n) is 3.95. The molecule has 1 aliphatic heterocycles. The number of carbonyl (C=O) groups excluding carboxylic acids is 1. The third kappa shape index (κ3) is 1.86. The maximum absolute atomic E-state index is 11.6. The highest BCUT2D eigenvalue weighted by Crippen LogP contribution is 2.47. The summed E-state index contributed by atoms with van der Waals surface area (Å²) in [4.78, 5) is 11.6. The van der Waals surface area contributed by atoms with E-state index < -0.39 is 11.9 Å². The number of hydrogen-bond acceptors (Lipinski definition) is 3. The summed E-state index contributed by atoms with van der Waals surface area (Å²) in [6.45, 7) is 8.36. The van der Waals surface area contributed by atoms with Gasteiger partial charge < -0.3 is 9.47 Å². The molecule has 3 heteroatoms. The molecule has 0 aromatic carbocycles. The van der Waals surface area contributed by atoms with E-state index in [9.17, 15) is 4.79 Å². The summed E-state index contributed by atoms with van der Waals surface area (Å²) < 4.78 is 11.5. The van der Waals surface area contributed by atoms with Gasteiger partial charge in [-0.2, -0.15) is 0 Å². The van der Waals surface area contributed by atoms with Crippen molar-refractivity contribution in [3.8, 4) is 0 Å². The summed E-state index contributed by atoms with van der Waals surface area (Å²) >= 11 is 0. The maximum atomic E-state index is 11.6. The molecule has 0 bridgehead atoms. The van der Waals surface area contributed by atoms with Crippen LogP contribution in [0.25, 0.3) is 0 Å². The third-order valence-corrected chi connectivity index (χ3v) is 3.95. The van der Waals surface area contributed by atoms with Crippen molar-refractivity contribution in [1.29, 1.82) is 0 Å². The molecule has 2 aliphatic rings. The molecular formula is C13H22O3. The van der Waals surface area contributed by atoms with Gasteiger partial charge in [-0.15, -0.1) is 0 Å². The summed E-state index contributed by atoms with van der Waals surface area (Å²) in [6.07, 6.45) is 2.76. The van der Waals surface area contributed by atoms with Crippen molar-refractivity contribution in [2.75, 3.05) is 0 Å². The highest BCUT2D eigenvalue weighted by Gasteiger charge is 2.54. The quantitative estimate of drug-likeness (QED) is 0.645. The predicted octanol–water partition coefficient (Wildman–Crippen LogP) is 2.74. The van der Waals surface area contributed by atoms with Gasteiger partial charge in [0, 0.05) is 12.3 Å². The SMILES string of the molecule is CC1OC2(C[C@H](C)CCC2C(C)C)OC1=O. The summed E-state index contributed by atoms with van der Waals surface area (Å²) in [7, 11) is 0. The molecule has 0 radical (unpaired) electrons. The van der Waals surface area contributed by atoms with Gasteiger partial charge in [-0.1, -0.05) is 20.8 Å². The first kappa shape index (κ1) is 11.9. The standard InChI is InChI=1S/C13H22O3/c1-8(2)11-6-5-9(3)7-13(11)15-10(4)12(14)16-13/h8-11H,5-7H2,1-4H3/t9-,10?,11?,13?/m1/s1. The van der Waals surface area contributed by atoms with Crippen molar-refractivity contribution >= 4 is 5.97 Å². The fraction of sp³-hybridized carbons (Fsp3) is 0.923. The Kier molecular flexibility index (Phi) is 2.99. The van der Waals surface area contributed by atoms with E-state index in [2.05, 4.69) is 20.8 Å². The molecule has 16 heavy (non-hydrogen) atoms. The molecule has 0 aromatic rings. The van der Waals surface area contributed by atoms with Crippen LogP contribution in [-0.2, 0) is 14.3 Å². The molecular weight excluding hydrogens is 204 g/mol. The number of ether oxygens (including phenoxy) is 2. The van der Waals surface area contributed by atoms with Crippen LogP contribution in [-0.4, -0.2) is 17.9 Å². The van der Waals surface area contributed by atoms with Gasteiger partial charge in [0.05, 0.1) is 0 Å². The fourth-order valence-corrected chi connectivity index (χ4v) is 3.14. The van der Waals surface area contributed by atoms with Crippen molar-refractivity contribution in [2.45, 2.75) is 58.8 Å². The van der Waals surface area contributed by atoms with Crippen molar-refractivity contribution in [2.24, 2.45) is 17.8 Å². The van der Waals surface area contributed by atoms with Crippen LogP contribution in [0.3, 0.4) is 0 Å². The summed E-state index contributed by atoms with van der Waals surface area (Å²) in [5, 5.41) is 0. The fourth-order valence-electron chi connectivity index (χ4n) is 3.14. The predicted molar refractivity (Wildman–Crippen MR) is 60.7 cm³/mol. The van der Waals surface area contributed by atoms with Gasteiger partial charge in [0.2, 0.25) is 5.79 Å². The van der Waals surface area contributed by atoms with Crippen LogP contribution >= 0.6 is 0 Å². The van der Waals surface area contributed by atoms with Crippen LogP contribution in [0.1, 0.15) is 47.0 Å². The van der Waals surface area contributed by atoms with Crippen LogP contribution in [0.2, 0.25) is 0 Å². The molecule has 2 fully saturated rings. The molecule has 1 spiro atoms. The van der Waals surface area contributed by atoms with Crippen LogP contribution < -0.4 is 0 Å². The number of rotatable bonds is 1. The molecule has 3 unspecified atom stereocenters. The average Bonchev–Trinajstić information content (AvgIpc) is 2.41. The molecule has 1 heterocycles. The Balaban J connectivity index is 2.23. The lowest BCUT2D eigenvalue weighted by atomic mass is 9.73. The second kappa shape index (κ2) is 4.02. The molecule has 1 aliphatic carbocycles. The largest absolute Gasteiger partial charge is 0.431 e. The Bertz CT molecular complexity index is 287. The van der Waals surface area contributed by atoms with E-state index in [1.165, 1.54) is 6.42 Å². The first-order chi connectivity index (χ1) is 7.44. The van der Waals surface area contributed by atoms with E-state index in [-0.39, 0.29) is 5.97 Å². The summed E-state index contributed by atoms with van der Waals surface area (Å²) in [6, 6.07) is 0. The van der Waals surface area contributed by atoms with E-state index in [1.54, 1.807) is 6.92 Å². The number of carbonyl (C=O) groups is 1. The van der Waals surface area contributed by atoms with E-state index >= 15 is 0 Å². The number of hydrogen-bond donors (Lipinski definition) is 0. The van der Waals surface area contributed by atoms with Gasteiger partial charge in [0.25, 0.3) is 0 Å². The molecule has 1 saturated heterocycles. The molecule has 0 N–H and O–H groups in total. The molecule has 92 valence electrons. The summed E-state index contributed by atoms with van der Waals surface area (Å²) in [5.74, 6) is 0.596. The minimum absolute atomic E-state index is 0.195. The Labute approximate surface area is 97.5 Å². The van der Waals surface area contributed by atoms with Crippen molar-refractivity contribution in [1.82, 2.24) is 0 Å². The van der Waals surface area contributed by atoms with Crippen molar-refractivity contribution in [3.63, 3.8) is 0 Å². The lowest BCUT2D eigenvalue weighted by Gasteiger charge is -2.43. The monoisotopic (exact) mass is 226 g/mol. The average molecular weight is 226 g/mol. The second-order valence-electron chi connectivity index (χ2n) is 5.73. The topological polar surface area (TPSA) is 35.5 Å². The smallest absolute Gasteiger partial charge is 0.337 e. The zero-order valence-electron chi connectivity index (χ0n) is 10.7. The van der Waals surface area contributed by atoms with Gasteiger partial charge in [-0.05, 0) is 31.6 Å². The lowest BCUT2D eigenvalue weighted by Crippen LogP contribution is -2.46. The summed E-state index contributed by atoms with van der Waals surface area (Å²) in [5.41, 5.74) is 0. The Morgan fingerprint density at radius 3 is 2.50 bits per heavy atom. The van der Waals surface area contributed by atoms with Gasteiger partial charge in [-0.25, -0.2) is 4.79 Å². The zero-order chi connectivity index (χ0) is 11.9. The first-order valence-corrected chi connectivity index (χ1v) is 6.35. The van der Waals surface area contributed by atoms with Gasteiger partial charge in [0.1, 0.15) is 0 Å². The van der Waals surface area contributed by atoms with Crippen LogP contribution in [0.4, 0.5) is 0 Å². The normalized spacial score (nSPS) is 44.1. The van der Waals surface area contributed by atoms with Crippen LogP contribution in [0.15, 0.2) is 0 Å². The zero-order valence-corrected chi connectivity index (χ0v) is 10.7. The Hall–Kier alpha value is -0.570. The van der Waals surface area contributed by atoms with E-state index in [4.69, 9.17) is 9.47 Å². The van der Waals surface area contributed by atoms with Gasteiger partial charge >= 0.3 is 5.97 Å². The molecule has 0 aromatic heterocycles. The van der Waals surface area contributed by atoms with E-state index in [1.807, 2.05) is 0 Å². The van der Waals surface area contributed by atoms with Crippen LogP contribution in [0, 0.1) is 17.8 Å². The second-order valence-corrected chi connectivity index (χ2v) is 5.73. The molecule has 0 amide bonds.